The van der Waals surface area contributed by atoms with Crippen molar-refractivity contribution in [2.75, 3.05) is 26.2 Å². The second-order valence-corrected chi connectivity index (χ2v) is 5.52. The summed E-state index contributed by atoms with van der Waals surface area (Å²) in [4.78, 5) is 13.0. The Balaban J connectivity index is 2.27. The van der Waals surface area contributed by atoms with Crippen molar-refractivity contribution in [2.45, 2.75) is 32.5 Å². The van der Waals surface area contributed by atoms with E-state index in [1.807, 2.05) is 13.8 Å². The summed E-state index contributed by atoms with van der Waals surface area (Å²) in [6, 6.07) is -0.562. The van der Waals surface area contributed by atoms with Gasteiger partial charge in [-0.3, -0.25) is 9.69 Å². The quantitative estimate of drug-likeness (QED) is 0.789. The van der Waals surface area contributed by atoms with E-state index in [1.165, 1.54) is 4.90 Å². The predicted octanol–water partition coefficient (Wildman–Crippen LogP) is 0.970. The number of halogens is 3. The fourth-order valence-corrected chi connectivity index (χ4v) is 2.14. The lowest BCUT2D eigenvalue weighted by molar-refractivity contribution is -0.143. The van der Waals surface area contributed by atoms with Gasteiger partial charge in [-0.1, -0.05) is 13.8 Å². The fourth-order valence-electron chi connectivity index (χ4n) is 2.14. The van der Waals surface area contributed by atoms with E-state index in [0.717, 1.165) is 0 Å². The Morgan fingerprint density at radius 1 is 1.47 bits per heavy atom. The zero-order chi connectivity index (χ0) is 14.6. The Morgan fingerprint density at radius 3 is 2.63 bits per heavy atom. The number of likely N-dealkylation sites (tertiary alicyclic amines) is 1. The van der Waals surface area contributed by atoms with E-state index in [9.17, 15) is 18.0 Å². The summed E-state index contributed by atoms with van der Waals surface area (Å²) in [6.45, 7) is 4.03. The molecule has 0 aliphatic carbocycles. The van der Waals surface area contributed by atoms with Crippen molar-refractivity contribution in [3.63, 3.8) is 0 Å². The fraction of sp³-hybridized carbons (Fsp3) is 0.917. The average Bonchev–Trinajstić information content (AvgIpc) is 2.69. The molecule has 1 rings (SSSR count). The van der Waals surface area contributed by atoms with Crippen molar-refractivity contribution in [1.82, 2.24) is 10.2 Å². The molecule has 1 unspecified atom stereocenters. The molecule has 0 radical (unpaired) electrons. The van der Waals surface area contributed by atoms with Crippen LogP contribution in [-0.2, 0) is 4.79 Å². The standard InChI is InChI=1S/C12H22F3N3O/c1-8(2)10(16)11(19)17-5-9-3-4-18(6-9)7-12(13,14)15/h8-10H,3-7,16H2,1-2H3,(H,17,19)/t9?,10-/m1/s1. The molecule has 2 atom stereocenters. The first-order valence-corrected chi connectivity index (χ1v) is 6.51. The summed E-state index contributed by atoms with van der Waals surface area (Å²) in [7, 11) is 0. The van der Waals surface area contributed by atoms with Crippen molar-refractivity contribution in [1.29, 1.82) is 0 Å². The van der Waals surface area contributed by atoms with Crippen LogP contribution in [0.2, 0.25) is 0 Å². The van der Waals surface area contributed by atoms with Gasteiger partial charge in [-0.15, -0.1) is 0 Å². The van der Waals surface area contributed by atoms with Gasteiger partial charge in [-0.25, -0.2) is 0 Å². The van der Waals surface area contributed by atoms with Crippen LogP contribution in [0.25, 0.3) is 0 Å². The summed E-state index contributed by atoms with van der Waals surface area (Å²) in [6.07, 6.45) is -3.48. The third-order valence-corrected chi connectivity index (χ3v) is 3.36. The smallest absolute Gasteiger partial charge is 0.354 e. The van der Waals surface area contributed by atoms with Gasteiger partial charge in [0.1, 0.15) is 0 Å². The van der Waals surface area contributed by atoms with Gasteiger partial charge in [0.05, 0.1) is 12.6 Å². The van der Waals surface area contributed by atoms with Gasteiger partial charge in [-0.2, -0.15) is 13.2 Å². The van der Waals surface area contributed by atoms with E-state index in [0.29, 0.717) is 26.1 Å². The molecule has 1 aliphatic heterocycles. The molecule has 0 aromatic carbocycles. The van der Waals surface area contributed by atoms with E-state index < -0.39 is 18.8 Å². The third-order valence-electron chi connectivity index (χ3n) is 3.36. The lowest BCUT2D eigenvalue weighted by Gasteiger charge is -2.19. The second-order valence-electron chi connectivity index (χ2n) is 5.52. The third kappa shape index (κ3) is 5.78. The summed E-state index contributed by atoms with van der Waals surface area (Å²) in [5.74, 6) is -0.111. The van der Waals surface area contributed by atoms with Gasteiger partial charge in [-0.05, 0) is 24.8 Å². The Morgan fingerprint density at radius 2 is 2.11 bits per heavy atom. The zero-order valence-corrected chi connectivity index (χ0v) is 11.3. The summed E-state index contributed by atoms with van der Waals surface area (Å²) in [5, 5.41) is 2.72. The largest absolute Gasteiger partial charge is 0.401 e. The summed E-state index contributed by atoms with van der Waals surface area (Å²) < 4.78 is 36.6. The molecular weight excluding hydrogens is 259 g/mol. The minimum atomic E-state index is -4.15. The molecule has 0 aromatic heterocycles. The molecule has 1 fully saturated rings. The highest BCUT2D eigenvalue weighted by Gasteiger charge is 2.34. The maximum Gasteiger partial charge on any atom is 0.401 e. The van der Waals surface area contributed by atoms with Gasteiger partial charge < -0.3 is 11.1 Å². The topological polar surface area (TPSA) is 58.4 Å². The number of rotatable bonds is 5. The van der Waals surface area contributed by atoms with Gasteiger partial charge in [0, 0.05) is 13.1 Å². The normalized spacial score (nSPS) is 22.8. The number of hydrogen-bond donors (Lipinski definition) is 2. The van der Waals surface area contributed by atoms with Crippen LogP contribution < -0.4 is 11.1 Å². The first-order valence-electron chi connectivity index (χ1n) is 6.51. The Labute approximate surface area is 111 Å². The van der Waals surface area contributed by atoms with Crippen LogP contribution in [0.1, 0.15) is 20.3 Å². The van der Waals surface area contributed by atoms with Gasteiger partial charge in [0.2, 0.25) is 5.91 Å². The van der Waals surface area contributed by atoms with E-state index in [1.54, 1.807) is 0 Å². The van der Waals surface area contributed by atoms with E-state index in [2.05, 4.69) is 5.32 Å². The van der Waals surface area contributed by atoms with Crippen LogP contribution in [0.15, 0.2) is 0 Å². The van der Waals surface area contributed by atoms with Gasteiger partial charge >= 0.3 is 6.18 Å². The Bertz CT molecular complexity index is 307. The maximum absolute atomic E-state index is 12.2. The van der Waals surface area contributed by atoms with Crippen molar-refractivity contribution >= 4 is 5.91 Å². The number of hydrogen-bond acceptors (Lipinski definition) is 3. The molecule has 1 aliphatic rings. The number of carbonyl (C=O) groups excluding carboxylic acids is 1. The molecule has 19 heavy (non-hydrogen) atoms. The average molecular weight is 281 g/mol. The van der Waals surface area contributed by atoms with Gasteiger partial charge in [0.15, 0.2) is 0 Å². The van der Waals surface area contributed by atoms with Crippen LogP contribution in [0.5, 0.6) is 0 Å². The molecule has 0 spiro atoms. The molecule has 1 saturated heterocycles. The van der Waals surface area contributed by atoms with Crippen LogP contribution in [0.4, 0.5) is 13.2 Å². The molecule has 3 N–H and O–H groups in total. The van der Waals surface area contributed by atoms with E-state index >= 15 is 0 Å². The molecule has 112 valence electrons. The molecular formula is C12H22F3N3O. The molecule has 7 heteroatoms. The number of nitrogens with two attached hydrogens (primary N) is 1. The molecule has 0 saturated carbocycles. The van der Waals surface area contributed by atoms with E-state index in [4.69, 9.17) is 5.73 Å². The monoisotopic (exact) mass is 281 g/mol. The lowest BCUT2D eigenvalue weighted by Crippen LogP contribution is -2.45. The highest BCUT2D eigenvalue weighted by Crippen LogP contribution is 2.22. The first kappa shape index (κ1) is 16.2. The second kappa shape index (κ2) is 6.56. The number of nitrogens with one attached hydrogen (secondary N) is 1. The summed E-state index contributed by atoms with van der Waals surface area (Å²) in [5.41, 5.74) is 5.68. The lowest BCUT2D eigenvalue weighted by atomic mass is 10.0. The molecule has 1 amide bonds. The highest BCUT2D eigenvalue weighted by atomic mass is 19.4. The van der Waals surface area contributed by atoms with Crippen molar-refractivity contribution in [3.05, 3.63) is 0 Å². The van der Waals surface area contributed by atoms with Crippen molar-refractivity contribution in [2.24, 2.45) is 17.6 Å². The molecule has 0 aromatic rings. The van der Waals surface area contributed by atoms with Crippen molar-refractivity contribution in [3.8, 4) is 0 Å². The Kier molecular flexibility index (Phi) is 5.61. The van der Waals surface area contributed by atoms with E-state index in [-0.39, 0.29) is 17.7 Å². The maximum atomic E-state index is 12.2. The SMILES string of the molecule is CC(C)[C@@H](N)C(=O)NCC1CCN(CC(F)(F)F)C1. The summed E-state index contributed by atoms with van der Waals surface area (Å²) >= 11 is 0. The van der Waals surface area contributed by atoms with Crippen LogP contribution in [-0.4, -0.2) is 49.2 Å². The highest BCUT2D eigenvalue weighted by molar-refractivity contribution is 5.81. The zero-order valence-electron chi connectivity index (χ0n) is 11.3. The molecule has 4 nitrogen and oxygen atoms in total. The molecule has 1 heterocycles. The Hall–Kier alpha value is -0.820. The molecule has 0 bridgehead atoms. The van der Waals surface area contributed by atoms with Crippen LogP contribution in [0, 0.1) is 11.8 Å². The van der Waals surface area contributed by atoms with Crippen LogP contribution in [0.3, 0.4) is 0 Å². The number of carbonyl (C=O) groups is 1. The predicted molar refractivity (Wildman–Crippen MR) is 66.4 cm³/mol. The first-order chi connectivity index (χ1) is 8.69. The minimum absolute atomic E-state index is 0.0466. The number of amides is 1. The number of alkyl halides is 3. The minimum Gasteiger partial charge on any atom is -0.354 e. The van der Waals surface area contributed by atoms with Crippen molar-refractivity contribution < 1.29 is 18.0 Å². The van der Waals surface area contributed by atoms with Gasteiger partial charge in [0.25, 0.3) is 0 Å². The van der Waals surface area contributed by atoms with Crippen LogP contribution >= 0.6 is 0 Å². The number of nitrogens with zero attached hydrogens (tertiary/aromatic N) is 1.